The molecule has 0 aliphatic carbocycles. The molecule has 0 saturated heterocycles. The second-order valence-corrected chi connectivity index (χ2v) is 16.0. The van der Waals surface area contributed by atoms with Crippen molar-refractivity contribution in [1.82, 2.24) is 0 Å². The van der Waals surface area contributed by atoms with Crippen molar-refractivity contribution in [3.8, 4) is 0 Å². The third-order valence-corrected chi connectivity index (χ3v) is 9.52. The molecular formula is C28H57BrCl2Si. The van der Waals surface area contributed by atoms with Gasteiger partial charge in [0.2, 0.25) is 7.42 Å². The Kier molecular flexibility index (Phi) is 31.5. The number of hydrogen-bond donors (Lipinski definition) is 0. The summed E-state index contributed by atoms with van der Waals surface area (Å²) in [4.78, 5) is 0. The molecule has 0 unspecified atom stereocenters. The summed E-state index contributed by atoms with van der Waals surface area (Å²) in [5.41, 5.74) is 0. The average Bonchev–Trinajstić information content (AvgIpc) is 2.78. The predicted molar refractivity (Wildman–Crippen MR) is 157 cm³/mol. The first-order valence-electron chi connectivity index (χ1n) is 14.6. The van der Waals surface area contributed by atoms with E-state index in [0.29, 0.717) is 0 Å². The van der Waals surface area contributed by atoms with Crippen molar-refractivity contribution in [3.05, 3.63) is 0 Å². The molecule has 0 saturated carbocycles. The van der Waals surface area contributed by atoms with Crippen LogP contribution in [0.3, 0.4) is 0 Å². The molecule has 0 aromatic heterocycles. The van der Waals surface area contributed by atoms with E-state index in [1.54, 1.807) is 0 Å². The van der Waals surface area contributed by atoms with Crippen LogP contribution in [0.4, 0.5) is 0 Å². The lowest BCUT2D eigenvalue weighted by molar-refractivity contribution is 0.516. The largest absolute Gasteiger partial charge is 0.237 e. The molecule has 4 heteroatoms. The summed E-state index contributed by atoms with van der Waals surface area (Å²) in [5.74, 6) is 0. The van der Waals surface area contributed by atoms with Gasteiger partial charge in [0.05, 0.1) is 0 Å². The van der Waals surface area contributed by atoms with E-state index in [0.717, 1.165) is 6.04 Å². The summed E-state index contributed by atoms with van der Waals surface area (Å²) in [5, 5.41) is 1.18. The first kappa shape index (κ1) is 33.3. The summed E-state index contributed by atoms with van der Waals surface area (Å²) in [6.45, 7) is 0. The standard InChI is InChI=1S/C28H57BrCl2Si/c29-27-25-23-21-19-17-15-13-11-9-7-5-3-1-2-4-6-8-10-12-14-16-18-20-22-24-26-28-32(30)31/h32H,1-28H2. The van der Waals surface area contributed by atoms with Gasteiger partial charge in [-0.3, -0.25) is 0 Å². The van der Waals surface area contributed by atoms with Crippen molar-refractivity contribution >= 4 is 45.5 Å². The van der Waals surface area contributed by atoms with E-state index in [-0.39, 0.29) is 0 Å². The van der Waals surface area contributed by atoms with Gasteiger partial charge >= 0.3 is 0 Å². The second-order valence-electron chi connectivity index (χ2n) is 10.1. The molecule has 0 atom stereocenters. The Labute approximate surface area is 222 Å². The van der Waals surface area contributed by atoms with E-state index >= 15 is 0 Å². The van der Waals surface area contributed by atoms with E-state index in [9.17, 15) is 0 Å². The quantitative estimate of drug-likeness (QED) is 0.0379. The van der Waals surface area contributed by atoms with Crippen LogP contribution < -0.4 is 0 Å². The lowest BCUT2D eigenvalue weighted by Gasteiger charge is -2.04. The number of hydrogen-bond acceptors (Lipinski definition) is 0. The summed E-state index contributed by atoms with van der Waals surface area (Å²) in [6, 6.07) is 1.10. The van der Waals surface area contributed by atoms with Crippen molar-refractivity contribution in [2.24, 2.45) is 0 Å². The van der Waals surface area contributed by atoms with Crippen molar-refractivity contribution in [3.63, 3.8) is 0 Å². The van der Waals surface area contributed by atoms with Gasteiger partial charge in [-0.1, -0.05) is 176 Å². The highest BCUT2D eigenvalue weighted by Crippen LogP contribution is 2.16. The molecule has 0 fully saturated rings. The van der Waals surface area contributed by atoms with Gasteiger partial charge in [0.1, 0.15) is 0 Å². The minimum Gasteiger partial charge on any atom is -0.150 e. The number of alkyl halides is 1. The van der Waals surface area contributed by atoms with Crippen molar-refractivity contribution < 1.29 is 0 Å². The number of unbranched alkanes of at least 4 members (excludes halogenated alkanes) is 25. The van der Waals surface area contributed by atoms with Crippen molar-refractivity contribution in [1.29, 1.82) is 0 Å². The van der Waals surface area contributed by atoms with Gasteiger partial charge in [-0.05, 0) is 12.5 Å². The molecule has 0 heterocycles. The van der Waals surface area contributed by atoms with Crippen molar-refractivity contribution in [2.75, 3.05) is 5.33 Å². The fourth-order valence-corrected chi connectivity index (χ4v) is 6.56. The van der Waals surface area contributed by atoms with Gasteiger partial charge in [0.25, 0.3) is 0 Å². The SMILES string of the molecule is Cl[SiH](Cl)CCCCCCCCCCCCCCCCCCCCCCCCCCCCBr. The van der Waals surface area contributed by atoms with Crippen LogP contribution in [0.2, 0.25) is 6.04 Å². The Balaban J connectivity index is 3.00. The minimum atomic E-state index is -1.33. The van der Waals surface area contributed by atoms with Gasteiger partial charge in [0.15, 0.2) is 0 Å². The Hall–Kier alpha value is 1.28. The fraction of sp³-hybridized carbons (Fsp3) is 1.00. The summed E-state index contributed by atoms with van der Waals surface area (Å²) < 4.78 is 0. The van der Waals surface area contributed by atoms with E-state index < -0.39 is 7.42 Å². The molecule has 0 amide bonds. The predicted octanol–water partition coefficient (Wildman–Crippen LogP) is 12.2. The molecule has 0 N–H and O–H groups in total. The van der Waals surface area contributed by atoms with Crippen LogP contribution in [-0.4, -0.2) is 12.7 Å². The monoisotopic (exact) mass is 570 g/mol. The molecule has 0 bridgehead atoms. The molecule has 0 aliphatic heterocycles. The van der Waals surface area contributed by atoms with E-state index in [4.69, 9.17) is 22.2 Å². The van der Waals surface area contributed by atoms with Gasteiger partial charge in [-0.25, -0.2) is 0 Å². The maximum Gasteiger partial charge on any atom is 0.237 e. The maximum absolute atomic E-state index is 5.89. The second kappa shape index (κ2) is 30.3. The molecule has 0 spiro atoms. The first-order chi connectivity index (χ1) is 15.8. The average molecular weight is 573 g/mol. The summed E-state index contributed by atoms with van der Waals surface area (Å²) in [6.07, 6.45) is 37.5. The number of rotatable bonds is 28. The maximum atomic E-state index is 5.89. The van der Waals surface area contributed by atoms with Gasteiger partial charge in [-0.2, -0.15) is 22.2 Å². The van der Waals surface area contributed by atoms with Crippen LogP contribution in [0.25, 0.3) is 0 Å². The zero-order chi connectivity index (χ0) is 23.4. The highest BCUT2D eigenvalue weighted by atomic mass is 79.9. The van der Waals surface area contributed by atoms with E-state index in [1.807, 2.05) is 0 Å². The van der Waals surface area contributed by atoms with Crippen LogP contribution in [0.15, 0.2) is 0 Å². The first-order valence-corrected chi connectivity index (χ1v) is 20.0. The minimum absolute atomic E-state index is 1.10. The van der Waals surface area contributed by atoms with E-state index in [1.165, 1.54) is 172 Å². The molecule has 0 rings (SSSR count). The van der Waals surface area contributed by atoms with Gasteiger partial charge in [0, 0.05) is 5.33 Å². The zero-order valence-electron chi connectivity index (χ0n) is 21.5. The molecule has 0 radical (unpaired) electrons. The van der Waals surface area contributed by atoms with Crippen LogP contribution in [0.5, 0.6) is 0 Å². The van der Waals surface area contributed by atoms with Crippen LogP contribution >= 0.6 is 38.1 Å². The zero-order valence-corrected chi connectivity index (χ0v) is 25.8. The van der Waals surface area contributed by atoms with E-state index in [2.05, 4.69) is 15.9 Å². The third kappa shape index (κ3) is 31.3. The molecule has 0 aromatic carbocycles. The normalized spacial score (nSPS) is 11.6. The highest BCUT2D eigenvalue weighted by molar-refractivity contribution is 9.09. The molecule has 0 aromatic rings. The van der Waals surface area contributed by atoms with Crippen LogP contribution in [0, 0.1) is 0 Å². The summed E-state index contributed by atoms with van der Waals surface area (Å²) in [7, 11) is -1.33. The third-order valence-electron chi connectivity index (χ3n) is 6.81. The van der Waals surface area contributed by atoms with Crippen LogP contribution in [-0.2, 0) is 0 Å². The molecule has 194 valence electrons. The molecule has 32 heavy (non-hydrogen) atoms. The fourth-order valence-electron chi connectivity index (χ4n) is 4.64. The summed E-state index contributed by atoms with van der Waals surface area (Å²) >= 11 is 15.3. The topological polar surface area (TPSA) is 0 Å². The Morgan fingerprint density at radius 2 is 0.500 bits per heavy atom. The smallest absolute Gasteiger partial charge is 0.150 e. The van der Waals surface area contributed by atoms with Crippen LogP contribution in [0.1, 0.15) is 167 Å². The Bertz CT molecular complexity index is 329. The van der Waals surface area contributed by atoms with Gasteiger partial charge in [-0.15, -0.1) is 0 Å². The lowest BCUT2D eigenvalue weighted by atomic mass is 10.0. The number of halogens is 3. The van der Waals surface area contributed by atoms with Gasteiger partial charge < -0.3 is 0 Å². The lowest BCUT2D eigenvalue weighted by Crippen LogP contribution is -1.91. The Morgan fingerprint density at radius 1 is 0.312 bits per heavy atom. The molecular weight excluding hydrogens is 515 g/mol. The highest BCUT2D eigenvalue weighted by Gasteiger charge is 2.00. The Morgan fingerprint density at radius 3 is 0.688 bits per heavy atom. The molecule has 0 nitrogen and oxygen atoms in total. The van der Waals surface area contributed by atoms with Crippen molar-refractivity contribution in [2.45, 2.75) is 173 Å². The molecule has 0 aliphatic rings.